The van der Waals surface area contributed by atoms with Gasteiger partial charge in [-0.2, -0.15) is 0 Å². The number of carbonyl (C=O) groups is 2. The molecule has 4 aliphatic rings. The molecule has 6 heteroatoms. The lowest BCUT2D eigenvalue weighted by atomic mass is 9.43. The molecule has 5 atom stereocenters. The molecule has 0 saturated heterocycles. The van der Waals surface area contributed by atoms with E-state index in [1.54, 1.807) is 0 Å². The molecule has 38 heavy (non-hydrogen) atoms. The lowest BCUT2D eigenvalue weighted by Crippen LogP contribution is -2.70. The van der Waals surface area contributed by atoms with Crippen LogP contribution in [0, 0.1) is 22.7 Å². The van der Waals surface area contributed by atoms with E-state index in [1.165, 1.54) is 11.8 Å². The summed E-state index contributed by atoms with van der Waals surface area (Å²) in [6.07, 6.45) is 3.95. The molecular weight excluding hydrogens is 478 g/mol. The molecule has 6 rings (SSSR count). The maximum atomic E-state index is 13.3. The second-order valence-corrected chi connectivity index (χ2v) is 12.9. The number of hydrogen-bond acceptors (Lipinski definition) is 5. The zero-order chi connectivity index (χ0) is 27.0. The summed E-state index contributed by atoms with van der Waals surface area (Å²) in [5.41, 5.74) is 2.43. The quantitative estimate of drug-likeness (QED) is 0.567. The normalized spacial score (nSPS) is 32.9. The molecule has 0 radical (unpaired) electrons. The van der Waals surface area contributed by atoms with Gasteiger partial charge in [0.25, 0.3) is 5.91 Å². The zero-order valence-electron chi connectivity index (χ0n) is 23.2. The molecule has 6 nitrogen and oxygen atoms in total. The molecular formula is C32H39NO5. The number of imide groups is 1. The van der Waals surface area contributed by atoms with Crippen LogP contribution in [0.15, 0.2) is 36.4 Å². The van der Waals surface area contributed by atoms with Gasteiger partial charge in [-0.3, -0.25) is 14.5 Å². The van der Waals surface area contributed by atoms with Gasteiger partial charge in [-0.25, -0.2) is 0 Å². The van der Waals surface area contributed by atoms with E-state index < -0.39 is 5.60 Å². The Hall–Kier alpha value is -2.86. The summed E-state index contributed by atoms with van der Waals surface area (Å²) >= 11 is 0. The van der Waals surface area contributed by atoms with Gasteiger partial charge in [-0.15, -0.1) is 0 Å². The first kappa shape index (κ1) is 25.4. The number of aliphatic hydroxyl groups excluding tert-OH is 1. The van der Waals surface area contributed by atoms with Crippen LogP contribution in [0.2, 0.25) is 0 Å². The molecule has 0 unspecified atom stereocenters. The highest BCUT2D eigenvalue weighted by molar-refractivity contribution is 6.08. The van der Waals surface area contributed by atoms with Crippen LogP contribution in [0.5, 0.6) is 11.5 Å². The first-order valence-electron chi connectivity index (χ1n) is 14.0. The van der Waals surface area contributed by atoms with Crippen molar-refractivity contribution < 1.29 is 24.2 Å². The third-order valence-electron chi connectivity index (χ3n) is 10.7. The van der Waals surface area contributed by atoms with Crippen molar-refractivity contribution in [2.24, 2.45) is 22.7 Å². The number of amides is 2. The number of carbonyl (C=O) groups excluding carboxylic acids is 2. The van der Waals surface area contributed by atoms with Crippen molar-refractivity contribution in [3.05, 3.63) is 58.7 Å². The summed E-state index contributed by atoms with van der Waals surface area (Å²) in [6.45, 7) is 11.1. The largest absolute Gasteiger partial charge is 0.488 e. The van der Waals surface area contributed by atoms with Crippen LogP contribution in [-0.2, 0) is 24.4 Å². The number of benzene rings is 2. The number of rotatable bonds is 3. The van der Waals surface area contributed by atoms with Gasteiger partial charge in [0.1, 0.15) is 23.7 Å². The SMILES string of the molecule is CC(=O)N1Cc2c(cc(OCc3ccccc3)c3c2O[C@@]24CC[C@H](O)C(C)(C)[C@@H]2CC[C@H](C)[C@@]4(C)C3)C1=O. The summed E-state index contributed by atoms with van der Waals surface area (Å²) in [7, 11) is 0. The number of hydrogen-bond donors (Lipinski definition) is 1. The van der Waals surface area contributed by atoms with Gasteiger partial charge in [0.05, 0.1) is 18.2 Å². The number of aliphatic hydroxyl groups is 1. The Morgan fingerprint density at radius 2 is 1.87 bits per heavy atom. The van der Waals surface area contributed by atoms with Gasteiger partial charge in [0, 0.05) is 29.4 Å². The molecule has 1 spiro atoms. The molecule has 0 aromatic heterocycles. The topological polar surface area (TPSA) is 76.1 Å². The molecule has 1 N–H and O–H groups in total. The minimum absolute atomic E-state index is 0.164. The first-order valence-corrected chi connectivity index (χ1v) is 14.0. The Bertz CT molecular complexity index is 1300. The lowest BCUT2D eigenvalue weighted by Gasteiger charge is -2.67. The Kier molecular flexibility index (Phi) is 5.73. The van der Waals surface area contributed by atoms with Crippen LogP contribution in [0.1, 0.15) is 87.4 Å². The average molecular weight is 518 g/mol. The summed E-state index contributed by atoms with van der Waals surface area (Å²) in [4.78, 5) is 27.0. The molecule has 202 valence electrons. The standard InChI is InChI=1S/C32H39NO5/c1-19-11-12-26-30(3,4)27(35)13-14-32(26)31(19,5)16-23-25(37-18-21-9-7-6-8-10-21)15-22-24(28(23)38-32)17-33(20(2)34)29(22)36/h6-10,15,19,26-27,35H,11-14,16-18H2,1-5H3/t19-,26-,27-,31+,32-/m0/s1. The van der Waals surface area contributed by atoms with E-state index in [1.807, 2.05) is 36.4 Å². The van der Waals surface area contributed by atoms with Crippen molar-refractivity contribution in [1.29, 1.82) is 0 Å². The van der Waals surface area contributed by atoms with Crippen LogP contribution in [0.4, 0.5) is 0 Å². The zero-order valence-corrected chi connectivity index (χ0v) is 23.2. The van der Waals surface area contributed by atoms with Crippen LogP contribution in [-0.4, -0.2) is 33.5 Å². The van der Waals surface area contributed by atoms with Crippen molar-refractivity contribution in [3.8, 4) is 11.5 Å². The van der Waals surface area contributed by atoms with Crippen molar-refractivity contribution in [2.75, 3.05) is 0 Å². The third-order valence-corrected chi connectivity index (χ3v) is 10.7. The van der Waals surface area contributed by atoms with E-state index in [0.717, 1.165) is 48.1 Å². The third kappa shape index (κ3) is 3.41. The van der Waals surface area contributed by atoms with Crippen LogP contribution in [0.25, 0.3) is 0 Å². The van der Waals surface area contributed by atoms with E-state index in [9.17, 15) is 14.7 Å². The van der Waals surface area contributed by atoms with Crippen molar-refractivity contribution in [2.45, 2.75) is 91.6 Å². The molecule has 2 amide bonds. The average Bonchev–Trinajstić information content (AvgIpc) is 3.22. The van der Waals surface area contributed by atoms with Crippen LogP contribution >= 0.6 is 0 Å². The molecule has 2 aromatic carbocycles. The van der Waals surface area contributed by atoms with Crippen molar-refractivity contribution in [1.82, 2.24) is 4.90 Å². The van der Waals surface area contributed by atoms with E-state index in [0.29, 0.717) is 30.3 Å². The van der Waals surface area contributed by atoms with E-state index in [-0.39, 0.29) is 41.2 Å². The van der Waals surface area contributed by atoms with E-state index in [2.05, 4.69) is 27.7 Å². The number of nitrogens with zero attached hydrogens (tertiary/aromatic N) is 1. The van der Waals surface area contributed by atoms with Gasteiger partial charge in [0.15, 0.2) is 0 Å². The fourth-order valence-electron chi connectivity index (χ4n) is 8.14. The fraction of sp³-hybridized carbons (Fsp3) is 0.562. The minimum atomic E-state index is -0.459. The Labute approximate surface area is 225 Å². The van der Waals surface area contributed by atoms with Crippen LogP contribution < -0.4 is 9.47 Å². The highest BCUT2D eigenvalue weighted by atomic mass is 16.5. The smallest absolute Gasteiger partial charge is 0.261 e. The Morgan fingerprint density at radius 3 is 2.58 bits per heavy atom. The molecule has 2 heterocycles. The maximum Gasteiger partial charge on any atom is 0.261 e. The molecule has 0 bridgehead atoms. The summed E-state index contributed by atoms with van der Waals surface area (Å²) < 4.78 is 13.8. The molecule has 2 aliphatic heterocycles. The summed E-state index contributed by atoms with van der Waals surface area (Å²) in [6, 6.07) is 11.8. The monoisotopic (exact) mass is 517 g/mol. The van der Waals surface area contributed by atoms with E-state index in [4.69, 9.17) is 9.47 Å². The van der Waals surface area contributed by atoms with Crippen molar-refractivity contribution >= 4 is 11.8 Å². The molecule has 2 aliphatic carbocycles. The molecule has 2 saturated carbocycles. The Morgan fingerprint density at radius 1 is 1.13 bits per heavy atom. The van der Waals surface area contributed by atoms with Gasteiger partial charge in [0.2, 0.25) is 5.91 Å². The fourth-order valence-corrected chi connectivity index (χ4v) is 8.14. The maximum absolute atomic E-state index is 13.3. The summed E-state index contributed by atoms with van der Waals surface area (Å²) in [5.74, 6) is 1.44. The minimum Gasteiger partial charge on any atom is -0.488 e. The number of fused-ring (bicyclic) bond motifs is 3. The van der Waals surface area contributed by atoms with Crippen LogP contribution in [0.3, 0.4) is 0 Å². The van der Waals surface area contributed by atoms with Gasteiger partial charge in [-0.05, 0) is 55.1 Å². The lowest BCUT2D eigenvalue weighted by molar-refractivity contribution is -0.233. The number of ether oxygens (including phenoxy) is 2. The van der Waals surface area contributed by atoms with Crippen molar-refractivity contribution in [3.63, 3.8) is 0 Å². The van der Waals surface area contributed by atoms with Gasteiger partial charge >= 0.3 is 0 Å². The summed E-state index contributed by atoms with van der Waals surface area (Å²) in [5, 5.41) is 11.1. The van der Waals surface area contributed by atoms with Gasteiger partial charge in [-0.1, -0.05) is 58.0 Å². The van der Waals surface area contributed by atoms with Gasteiger partial charge < -0.3 is 14.6 Å². The predicted octanol–water partition coefficient (Wildman–Crippen LogP) is 5.67. The predicted molar refractivity (Wildman–Crippen MR) is 144 cm³/mol. The highest BCUT2D eigenvalue weighted by Gasteiger charge is 2.68. The Balaban J connectivity index is 1.51. The first-order chi connectivity index (χ1) is 18.0. The van der Waals surface area contributed by atoms with E-state index >= 15 is 0 Å². The highest BCUT2D eigenvalue weighted by Crippen LogP contribution is 2.67. The molecule has 2 fully saturated rings. The molecule has 2 aromatic rings. The second-order valence-electron chi connectivity index (χ2n) is 12.9. The second kappa shape index (κ2) is 8.57.